The summed E-state index contributed by atoms with van der Waals surface area (Å²) >= 11 is 5.94. The maximum Gasteiger partial charge on any atom is 0.272 e. The molecular weight excluding hydrogens is 272 g/mol. The van der Waals surface area contributed by atoms with E-state index in [1.807, 2.05) is 6.07 Å². The summed E-state index contributed by atoms with van der Waals surface area (Å²) < 4.78 is 5.17. The van der Waals surface area contributed by atoms with Gasteiger partial charge in [-0.3, -0.25) is 14.9 Å². The Kier molecular flexibility index (Phi) is 3.31. The van der Waals surface area contributed by atoms with Gasteiger partial charge in [-0.1, -0.05) is 11.6 Å². The van der Waals surface area contributed by atoms with Crippen LogP contribution < -0.4 is 0 Å². The Bertz CT molecular complexity index is 715. The summed E-state index contributed by atoms with van der Waals surface area (Å²) in [5.41, 5.74) is -0.0543. The largest absolute Gasteiger partial charge is 0.453 e. The summed E-state index contributed by atoms with van der Waals surface area (Å²) in [5.74, 6) is 0.284. The average molecular weight is 277 g/mol. The van der Waals surface area contributed by atoms with Gasteiger partial charge in [0.05, 0.1) is 21.1 Å². The number of aldehydes is 1. The van der Waals surface area contributed by atoms with Crippen molar-refractivity contribution in [3.05, 3.63) is 50.7 Å². The molecule has 2 rings (SSSR count). The summed E-state index contributed by atoms with van der Waals surface area (Å²) in [7, 11) is 0. The molecule has 1 heterocycles. The van der Waals surface area contributed by atoms with Crippen molar-refractivity contribution < 1.29 is 14.1 Å². The van der Waals surface area contributed by atoms with Crippen molar-refractivity contribution in [2.24, 2.45) is 0 Å². The van der Waals surface area contributed by atoms with Crippen LogP contribution in [0.2, 0.25) is 5.02 Å². The number of nitro groups is 1. The van der Waals surface area contributed by atoms with Crippen molar-refractivity contribution in [3.63, 3.8) is 0 Å². The Labute approximate surface area is 112 Å². The third-order valence-electron chi connectivity index (χ3n) is 2.40. The molecule has 2 aromatic rings. The fourth-order valence-corrected chi connectivity index (χ4v) is 1.89. The molecule has 1 aromatic carbocycles. The number of rotatable bonds is 3. The van der Waals surface area contributed by atoms with Crippen LogP contribution in [0.15, 0.2) is 28.7 Å². The predicted octanol–water partition coefficient (Wildman–Crippen LogP) is 3.19. The van der Waals surface area contributed by atoms with Gasteiger partial charge in [-0.15, -0.1) is 0 Å². The second-order valence-corrected chi connectivity index (χ2v) is 3.95. The molecule has 0 radical (unpaired) electrons. The van der Waals surface area contributed by atoms with E-state index in [0.29, 0.717) is 6.29 Å². The molecule has 0 fully saturated rings. The number of hydrogen-bond acceptors (Lipinski definition) is 5. The molecule has 6 nitrogen and oxygen atoms in total. The number of carbonyl (C=O) groups is 1. The van der Waals surface area contributed by atoms with E-state index in [0.717, 1.165) is 12.1 Å². The van der Waals surface area contributed by atoms with Crippen LogP contribution in [-0.4, -0.2) is 11.2 Å². The molecule has 94 valence electrons. The van der Waals surface area contributed by atoms with E-state index in [1.54, 1.807) is 0 Å². The summed E-state index contributed by atoms with van der Waals surface area (Å²) in [6, 6.07) is 6.94. The molecule has 7 heteroatoms. The summed E-state index contributed by atoms with van der Waals surface area (Å²) in [4.78, 5) is 20.6. The molecule has 0 saturated carbocycles. The molecule has 1 aromatic heterocycles. The number of nitriles is 1. The average Bonchev–Trinajstić information content (AvgIpc) is 2.85. The quantitative estimate of drug-likeness (QED) is 0.487. The zero-order chi connectivity index (χ0) is 14.0. The van der Waals surface area contributed by atoms with Gasteiger partial charge in [0.1, 0.15) is 11.8 Å². The Morgan fingerprint density at radius 3 is 2.68 bits per heavy atom. The van der Waals surface area contributed by atoms with E-state index < -0.39 is 4.92 Å². The molecule has 0 atom stereocenters. The van der Waals surface area contributed by atoms with E-state index >= 15 is 0 Å². The minimum atomic E-state index is -0.643. The molecule has 0 spiro atoms. The minimum Gasteiger partial charge on any atom is -0.453 e. The molecule has 0 aliphatic carbocycles. The fraction of sp³-hybridized carbons (Fsp3) is 0. The summed E-state index contributed by atoms with van der Waals surface area (Å²) in [5, 5.41) is 19.7. The maximum absolute atomic E-state index is 10.7. The van der Waals surface area contributed by atoms with Gasteiger partial charge in [-0.2, -0.15) is 5.26 Å². The van der Waals surface area contributed by atoms with E-state index in [9.17, 15) is 14.9 Å². The number of hydrogen-bond donors (Lipinski definition) is 0. The van der Waals surface area contributed by atoms with Crippen molar-refractivity contribution in [1.29, 1.82) is 5.26 Å². The Morgan fingerprint density at radius 2 is 2.16 bits per heavy atom. The van der Waals surface area contributed by atoms with Gasteiger partial charge in [0.15, 0.2) is 12.0 Å². The Morgan fingerprint density at radius 1 is 1.42 bits per heavy atom. The second-order valence-electron chi connectivity index (χ2n) is 3.54. The lowest BCUT2D eigenvalue weighted by molar-refractivity contribution is -0.384. The lowest BCUT2D eigenvalue weighted by atomic mass is 10.1. The first-order valence-corrected chi connectivity index (χ1v) is 5.38. The number of nitrogens with zero attached hydrogens (tertiary/aromatic N) is 2. The molecule has 0 amide bonds. The molecule has 0 N–H and O–H groups in total. The normalized spacial score (nSPS) is 9.89. The van der Waals surface area contributed by atoms with E-state index in [2.05, 4.69) is 0 Å². The molecule has 0 saturated heterocycles. The number of benzene rings is 1. The number of furan rings is 1. The van der Waals surface area contributed by atoms with Gasteiger partial charge in [-0.05, 0) is 12.1 Å². The second kappa shape index (κ2) is 4.92. The standard InChI is InChI=1S/C12H5ClN2O4/c13-10-4-8(15(17)18)3-7(5-14)12(10)11-2-1-9(6-16)19-11/h1-4,6H. The lowest BCUT2D eigenvalue weighted by Crippen LogP contribution is -1.92. The Hall–Kier alpha value is -2.65. The van der Waals surface area contributed by atoms with Crippen LogP contribution in [0.25, 0.3) is 11.3 Å². The molecule has 0 aliphatic rings. The molecule has 0 unspecified atom stereocenters. The fourth-order valence-electron chi connectivity index (χ4n) is 1.59. The molecule has 19 heavy (non-hydrogen) atoms. The number of non-ortho nitro benzene ring substituents is 1. The van der Waals surface area contributed by atoms with Gasteiger partial charge < -0.3 is 4.42 Å². The zero-order valence-corrected chi connectivity index (χ0v) is 10.0. The number of nitro benzene ring substituents is 1. The van der Waals surface area contributed by atoms with Gasteiger partial charge in [0, 0.05) is 12.1 Å². The van der Waals surface area contributed by atoms with Crippen LogP contribution >= 0.6 is 11.6 Å². The van der Waals surface area contributed by atoms with Crippen molar-refractivity contribution in [2.75, 3.05) is 0 Å². The molecule has 0 bridgehead atoms. The van der Waals surface area contributed by atoms with E-state index in [4.69, 9.17) is 21.3 Å². The van der Waals surface area contributed by atoms with Crippen molar-refractivity contribution >= 4 is 23.6 Å². The van der Waals surface area contributed by atoms with Gasteiger partial charge in [0.2, 0.25) is 0 Å². The Balaban J connectivity index is 2.66. The van der Waals surface area contributed by atoms with Crippen molar-refractivity contribution in [1.82, 2.24) is 0 Å². The van der Waals surface area contributed by atoms with Gasteiger partial charge in [-0.25, -0.2) is 0 Å². The zero-order valence-electron chi connectivity index (χ0n) is 9.29. The smallest absolute Gasteiger partial charge is 0.272 e. The van der Waals surface area contributed by atoms with Crippen LogP contribution in [0.5, 0.6) is 0 Å². The van der Waals surface area contributed by atoms with Crippen LogP contribution in [0.3, 0.4) is 0 Å². The minimum absolute atomic E-state index is 0.00555. The topological polar surface area (TPSA) is 97.1 Å². The first-order chi connectivity index (χ1) is 9.06. The molecular formula is C12H5ClN2O4. The predicted molar refractivity (Wildman–Crippen MR) is 65.9 cm³/mol. The number of halogens is 1. The summed E-state index contributed by atoms with van der Waals surface area (Å²) in [6.07, 6.45) is 0.509. The highest BCUT2D eigenvalue weighted by molar-refractivity contribution is 6.33. The third-order valence-corrected chi connectivity index (χ3v) is 2.69. The van der Waals surface area contributed by atoms with E-state index in [-0.39, 0.29) is 33.4 Å². The molecule has 0 aliphatic heterocycles. The van der Waals surface area contributed by atoms with Crippen LogP contribution in [-0.2, 0) is 0 Å². The third kappa shape index (κ3) is 2.32. The highest BCUT2D eigenvalue weighted by atomic mass is 35.5. The monoisotopic (exact) mass is 276 g/mol. The van der Waals surface area contributed by atoms with Gasteiger partial charge >= 0.3 is 0 Å². The maximum atomic E-state index is 10.7. The van der Waals surface area contributed by atoms with Crippen LogP contribution in [0, 0.1) is 21.4 Å². The first-order valence-electron chi connectivity index (χ1n) is 5.00. The van der Waals surface area contributed by atoms with E-state index in [1.165, 1.54) is 12.1 Å². The SMILES string of the molecule is N#Cc1cc([N+](=O)[O-])cc(Cl)c1-c1ccc(C=O)o1. The van der Waals surface area contributed by atoms with Crippen LogP contribution in [0.1, 0.15) is 16.1 Å². The highest BCUT2D eigenvalue weighted by Gasteiger charge is 2.19. The van der Waals surface area contributed by atoms with Crippen molar-refractivity contribution in [3.8, 4) is 17.4 Å². The lowest BCUT2D eigenvalue weighted by Gasteiger charge is -2.03. The van der Waals surface area contributed by atoms with Crippen LogP contribution in [0.4, 0.5) is 5.69 Å². The highest BCUT2D eigenvalue weighted by Crippen LogP contribution is 2.35. The van der Waals surface area contributed by atoms with Crippen molar-refractivity contribution in [2.45, 2.75) is 0 Å². The number of carbonyl (C=O) groups excluding carboxylic acids is 1. The first kappa shape index (κ1) is 12.8. The summed E-state index contributed by atoms with van der Waals surface area (Å²) in [6.45, 7) is 0. The van der Waals surface area contributed by atoms with Gasteiger partial charge in [0.25, 0.3) is 5.69 Å².